The Labute approximate surface area is 191 Å². The van der Waals surface area contributed by atoms with Gasteiger partial charge in [0.1, 0.15) is 23.3 Å². The number of amides is 1. The highest BCUT2D eigenvalue weighted by molar-refractivity contribution is 5.96. The monoisotopic (exact) mass is 451 g/mol. The summed E-state index contributed by atoms with van der Waals surface area (Å²) in [6.45, 7) is 1.59. The molecule has 1 aliphatic rings. The number of rotatable bonds is 6. The first-order chi connectivity index (χ1) is 15.9. The minimum Gasteiger partial charge on any atom is -0.497 e. The van der Waals surface area contributed by atoms with Crippen LogP contribution in [-0.2, 0) is 14.3 Å². The summed E-state index contributed by atoms with van der Waals surface area (Å²) < 4.78 is 28.0. The van der Waals surface area contributed by atoms with Crippen molar-refractivity contribution in [2.75, 3.05) is 21.3 Å². The molecule has 0 N–H and O–H groups in total. The van der Waals surface area contributed by atoms with Gasteiger partial charge in [0.25, 0.3) is 5.91 Å². The van der Waals surface area contributed by atoms with Gasteiger partial charge in [0.05, 0.1) is 27.6 Å². The maximum atomic E-state index is 13.8. The molecule has 0 spiro atoms. The van der Waals surface area contributed by atoms with Crippen molar-refractivity contribution >= 4 is 11.9 Å². The van der Waals surface area contributed by atoms with Gasteiger partial charge >= 0.3 is 5.97 Å². The average Bonchev–Trinajstić information content (AvgIpc) is 3.49. The van der Waals surface area contributed by atoms with E-state index in [1.54, 1.807) is 68.6 Å². The minimum absolute atomic E-state index is 0.340. The molecule has 1 unspecified atom stereocenters. The summed E-state index contributed by atoms with van der Waals surface area (Å²) in [5, 5.41) is 0. The number of ether oxygens (including phenoxy) is 4. The largest absolute Gasteiger partial charge is 0.497 e. The van der Waals surface area contributed by atoms with Crippen molar-refractivity contribution in [3.8, 4) is 11.5 Å². The Balaban J connectivity index is 1.92. The Bertz CT molecular complexity index is 1130. The quantitative estimate of drug-likeness (QED) is 0.521. The highest BCUT2D eigenvalue weighted by Gasteiger charge is 2.60. The molecular formula is C25H25NO7. The van der Waals surface area contributed by atoms with Crippen LogP contribution >= 0.6 is 0 Å². The Kier molecular flexibility index (Phi) is 6.11. The topological polar surface area (TPSA) is 87.4 Å². The van der Waals surface area contributed by atoms with Crippen LogP contribution in [0.15, 0.2) is 71.3 Å². The number of furan rings is 1. The smallest absolute Gasteiger partial charge is 0.340 e. The third-order valence-electron chi connectivity index (χ3n) is 5.77. The predicted octanol–water partition coefficient (Wildman–Crippen LogP) is 4.14. The Morgan fingerprint density at radius 2 is 1.73 bits per heavy atom. The zero-order valence-corrected chi connectivity index (χ0v) is 18.8. The van der Waals surface area contributed by atoms with Crippen LogP contribution in [0.4, 0.5) is 0 Å². The lowest BCUT2D eigenvalue weighted by molar-refractivity contribution is -0.167. The van der Waals surface area contributed by atoms with Crippen LogP contribution in [0.2, 0.25) is 0 Å². The molecule has 172 valence electrons. The zero-order chi connectivity index (χ0) is 23.6. The molecule has 0 saturated carbocycles. The fourth-order valence-corrected chi connectivity index (χ4v) is 4.16. The summed E-state index contributed by atoms with van der Waals surface area (Å²) in [6, 6.07) is 16.5. The standard InChI is InChI=1S/C25H25NO7/c1-25(24(28)31-4)21(19-11-8-14-32-19)26(22(27)16-9-6-5-7-10-16)23(33-25)18-13-12-17(29-2)15-20(18)30-3/h5-15,21,23H,1-4H3/t21-,23?,25+/m0/s1. The van der Waals surface area contributed by atoms with Crippen molar-refractivity contribution in [2.45, 2.75) is 24.8 Å². The Morgan fingerprint density at radius 3 is 2.33 bits per heavy atom. The molecule has 1 aliphatic heterocycles. The molecule has 0 aliphatic carbocycles. The van der Waals surface area contributed by atoms with Gasteiger partial charge in [-0.15, -0.1) is 0 Å². The molecule has 33 heavy (non-hydrogen) atoms. The van der Waals surface area contributed by atoms with Crippen LogP contribution in [0.5, 0.6) is 11.5 Å². The third kappa shape index (κ3) is 3.82. The SMILES string of the molecule is COC(=O)[C@]1(C)OC(c2ccc(OC)cc2OC)N(C(=O)c2ccccc2)[C@H]1c1ccco1. The molecule has 2 aromatic carbocycles. The van der Waals surface area contributed by atoms with Crippen LogP contribution in [0.1, 0.15) is 40.9 Å². The number of benzene rings is 2. The normalized spacial score (nSPS) is 22.1. The average molecular weight is 451 g/mol. The predicted molar refractivity (Wildman–Crippen MR) is 118 cm³/mol. The molecule has 3 atom stereocenters. The fourth-order valence-electron chi connectivity index (χ4n) is 4.16. The number of carbonyl (C=O) groups is 2. The van der Waals surface area contributed by atoms with Gasteiger partial charge in [-0.2, -0.15) is 0 Å². The molecular weight excluding hydrogens is 426 g/mol. The summed E-state index contributed by atoms with van der Waals surface area (Å²) in [6.07, 6.45) is 0.511. The molecule has 0 bridgehead atoms. The summed E-state index contributed by atoms with van der Waals surface area (Å²) in [4.78, 5) is 28.3. The lowest BCUT2D eigenvalue weighted by Gasteiger charge is -2.30. The van der Waals surface area contributed by atoms with E-state index in [-0.39, 0.29) is 5.91 Å². The molecule has 1 amide bonds. The molecule has 4 rings (SSSR count). The number of hydrogen-bond acceptors (Lipinski definition) is 7. The van der Waals surface area contributed by atoms with E-state index in [0.717, 1.165) is 0 Å². The second-order valence-electron chi connectivity index (χ2n) is 7.67. The number of hydrogen-bond donors (Lipinski definition) is 0. The molecule has 1 saturated heterocycles. The number of nitrogens with zero attached hydrogens (tertiary/aromatic N) is 1. The van der Waals surface area contributed by atoms with E-state index in [0.29, 0.717) is 28.4 Å². The van der Waals surface area contributed by atoms with Crippen LogP contribution in [0.3, 0.4) is 0 Å². The van der Waals surface area contributed by atoms with Gasteiger partial charge in [-0.25, -0.2) is 4.79 Å². The molecule has 8 nitrogen and oxygen atoms in total. The molecule has 3 aromatic rings. The van der Waals surface area contributed by atoms with Crippen molar-refractivity contribution in [3.63, 3.8) is 0 Å². The summed E-state index contributed by atoms with van der Waals surface area (Å²) >= 11 is 0. The van der Waals surface area contributed by atoms with Crippen molar-refractivity contribution in [2.24, 2.45) is 0 Å². The van der Waals surface area contributed by atoms with Gasteiger partial charge in [0, 0.05) is 17.2 Å². The van der Waals surface area contributed by atoms with Gasteiger partial charge in [0.2, 0.25) is 0 Å². The maximum Gasteiger partial charge on any atom is 0.340 e. The number of methoxy groups -OCH3 is 3. The van der Waals surface area contributed by atoms with Crippen LogP contribution in [0, 0.1) is 0 Å². The summed E-state index contributed by atoms with van der Waals surface area (Å²) in [5.41, 5.74) is -0.567. The van der Waals surface area contributed by atoms with Gasteiger partial charge < -0.3 is 23.4 Å². The third-order valence-corrected chi connectivity index (χ3v) is 5.77. The first-order valence-corrected chi connectivity index (χ1v) is 10.3. The molecule has 0 radical (unpaired) electrons. The first-order valence-electron chi connectivity index (χ1n) is 10.3. The van der Waals surface area contributed by atoms with Crippen LogP contribution < -0.4 is 9.47 Å². The van der Waals surface area contributed by atoms with E-state index in [1.807, 2.05) is 6.07 Å². The van der Waals surface area contributed by atoms with Crippen molar-refractivity contribution < 1.29 is 33.0 Å². The van der Waals surface area contributed by atoms with E-state index in [1.165, 1.54) is 25.4 Å². The fraction of sp³-hybridized carbons (Fsp3) is 0.280. The van der Waals surface area contributed by atoms with E-state index >= 15 is 0 Å². The van der Waals surface area contributed by atoms with Gasteiger partial charge in [-0.05, 0) is 43.3 Å². The Hall–Kier alpha value is -3.78. The lowest BCUT2D eigenvalue weighted by atomic mass is 9.93. The second-order valence-corrected chi connectivity index (χ2v) is 7.67. The van der Waals surface area contributed by atoms with E-state index in [9.17, 15) is 9.59 Å². The van der Waals surface area contributed by atoms with Crippen molar-refractivity contribution in [1.82, 2.24) is 4.90 Å². The molecule has 1 aromatic heterocycles. The van der Waals surface area contributed by atoms with Gasteiger partial charge in [-0.3, -0.25) is 9.69 Å². The van der Waals surface area contributed by atoms with E-state index < -0.39 is 23.8 Å². The van der Waals surface area contributed by atoms with Crippen LogP contribution in [-0.4, -0.2) is 43.7 Å². The van der Waals surface area contributed by atoms with Crippen molar-refractivity contribution in [1.29, 1.82) is 0 Å². The van der Waals surface area contributed by atoms with Gasteiger partial charge in [-0.1, -0.05) is 18.2 Å². The molecule has 8 heteroatoms. The van der Waals surface area contributed by atoms with Crippen LogP contribution in [0.25, 0.3) is 0 Å². The zero-order valence-electron chi connectivity index (χ0n) is 18.8. The highest BCUT2D eigenvalue weighted by Crippen LogP contribution is 2.52. The molecule has 1 fully saturated rings. The Morgan fingerprint density at radius 1 is 0.970 bits per heavy atom. The number of carbonyl (C=O) groups excluding carboxylic acids is 2. The summed E-state index contributed by atoms with van der Waals surface area (Å²) in [5.74, 6) is 0.435. The van der Waals surface area contributed by atoms with E-state index in [4.69, 9.17) is 23.4 Å². The maximum absolute atomic E-state index is 13.8. The molecule has 2 heterocycles. The first kappa shape index (κ1) is 22.4. The minimum atomic E-state index is -1.55. The van der Waals surface area contributed by atoms with Crippen molar-refractivity contribution in [3.05, 3.63) is 83.8 Å². The lowest BCUT2D eigenvalue weighted by Crippen LogP contribution is -2.44. The number of esters is 1. The van der Waals surface area contributed by atoms with E-state index in [2.05, 4.69) is 0 Å². The highest BCUT2D eigenvalue weighted by atomic mass is 16.6. The van der Waals surface area contributed by atoms with Gasteiger partial charge in [0.15, 0.2) is 11.8 Å². The summed E-state index contributed by atoms with van der Waals surface area (Å²) in [7, 11) is 4.34. The second kappa shape index (κ2) is 8.99.